The summed E-state index contributed by atoms with van der Waals surface area (Å²) in [5.41, 5.74) is 4.22. The molecular weight excluding hydrogens is 300 g/mol. The standard InChI is InChI=1S/C21H32O3/c1-14(2)7-5-9-16-13-23-21-19-17(16)12-11-15(3)8-6-10-18(19)20(22-4)24-21/h7-8,10,16-17,19-21H,5-6,9,11-13H2,1-4H3/b15-8+,18-10?/t16-,17-,19-,20?,21+/m0/s1. The lowest BCUT2D eigenvalue weighted by molar-refractivity contribution is -0.230. The molecule has 2 saturated heterocycles. The van der Waals surface area contributed by atoms with Crippen molar-refractivity contribution in [1.29, 1.82) is 0 Å². The molecule has 2 heterocycles. The van der Waals surface area contributed by atoms with E-state index in [-0.39, 0.29) is 12.6 Å². The monoisotopic (exact) mass is 332 g/mol. The second-order valence-corrected chi connectivity index (χ2v) is 7.74. The second-order valence-electron chi connectivity index (χ2n) is 7.74. The Balaban J connectivity index is 1.83. The average molecular weight is 332 g/mol. The lowest BCUT2D eigenvalue weighted by Gasteiger charge is -2.39. The number of hydrogen-bond donors (Lipinski definition) is 0. The van der Waals surface area contributed by atoms with Crippen molar-refractivity contribution in [3.8, 4) is 0 Å². The van der Waals surface area contributed by atoms with Crippen LogP contribution < -0.4 is 0 Å². The molecule has 3 aliphatic rings. The van der Waals surface area contributed by atoms with E-state index in [1.807, 2.05) is 0 Å². The minimum absolute atomic E-state index is 0.121. The Hall–Kier alpha value is -0.900. The van der Waals surface area contributed by atoms with Crippen LogP contribution in [0.25, 0.3) is 0 Å². The predicted octanol–water partition coefficient (Wildman–Crippen LogP) is 5.00. The molecule has 0 aromatic rings. The summed E-state index contributed by atoms with van der Waals surface area (Å²) < 4.78 is 17.8. The van der Waals surface area contributed by atoms with Crippen LogP contribution in [0.3, 0.4) is 0 Å². The van der Waals surface area contributed by atoms with Gasteiger partial charge < -0.3 is 14.2 Å². The Kier molecular flexibility index (Phi) is 5.96. The first-order valence-electron chi connectivity index (χ1n) is 9.39. The van der Waals surface area contributed by atoms with E-state index >= 15 is 0 Å². The molecule has 0 N–H and O–H groups in total. The number of hydrogen-bond acceptors (Lipinski definition) is 3. The molecule has 2 fully saturated rings. The molecule has 0 bridgehead atoms. The first kappa shape index (κ1) is 17.9. The molecule has 134 valence electrons. The van der Waals surface area contributed by atoms with Crippen LogP contribution in [0.4, 0.5) is 0 Å². The third-order valence-electron chi connectivity index (χ3n) is 5.75. The smallest absolute Gasteiger partial charge is 0.183 e. The van der Waals surface area contributed by atoms with Gasteiger partial charge in [-0.25, -0.2) is 0 Å². The van der Waals surface area contributed by atoms with Crippen LogP contribution in [0.15, 0.2) is 34.9 Å². The van der Waals surface area contributed by atoms with Crippen molar-refractivity contribution in [2.45, 2.75) is 65.5 Å². The minimum Gasteiger partial charge on any atom is -0.352 e. The van der Waals surface area contributed by atoms with E-state index in [4.69, 9.17) is 14.2 Å². The molecule has 3 heteroatoms. The van der Waals surface area contributed by atoms with Gasteiger partial charge >= 0.3 is 0 Å². The topological polar surface area (TPSA) is 27.7 Å². The highest BCUT2D eigenvalue weighted by molar-refractivity contribution is 5.21. The maximum atomic E-state index is 6.12. The van der Waals surface area contributed by atoms with Gasteiger partial charge in [-0.15, -0.1) is 0 Å². The van der Waals surface area contributed by atoms with E-state index in [2.05, 4.69) is 39.0 Å². The van der Waals surface area contributed by atoms with Crippen molar-refractivity contribution in [2.75, 3.05) is 13.7 Å². The van der Waals surface area contributed by atoms with Crippen LogP contribution in [0.5, 0.6) is 0 Å². The molecule has 0 radical (unpaired) electrons. The van der Waals surface area contributed by atoms with E-state index in [0.29, 0.717) is 17.8 Å². The molecule has 5 atom stereocenters. The number of methoxy groups -OCH3 is 1. The zero-order valence-corrected chi connectivity index (χ0v) is 15.6. The fourth-order valence-electron chi connectivity index (χ4n) is 4.44. The molecule has 2 aliphatic heterocycles. The van der Waals surface area contributed by atoms with E-state index in [1.165, 1.54) is 36.0 Å². The maximum absolute atomic E-state index is 6.12. The third kappa shape index (κ3) is 3.84. The Morgan fingerprint density at radius 1 is 1.33 bits per heavy atom. The molecule has 3 rings (SSSR count). The summed E-state index contributed by atoms with van der Waals surface area (Å²) in [6.45, 7) is 7.43. The van der Waals surface area contributed by atoms with Gasteiger partial charge in [-0.1, -0.05) is 29.4 Å². The van der Waals surface area contributed by atoms with Gasteiger partial charge in [0.25, 0.3) is 0 Å². The fourth-order valence-corrected chi connectivity index (χ4v) is 4.44. The molecule has 24 heavy (non-hydrogen) atoms. The first-order valence-corrected chi connectivity index (χ1v) is 9.39. The van der Waals surface area contributed by atoms with Gasteiger partial charge in [0.2, 0.25) is 0 Å². The molecule has 1 unspecified atom stereocenters. The van der Waals surface area contributed by atoms with Crippen molar-refractivity contribution in [3.63, 3.8) is 0 Å². The van der Waals surface area contributed by atoms with E-state index in [0.717, 1.165) is 19.4 Å². The molecular formula is C21H32O3. The molecule has 1 aliphatic carbocycles. The largest absolute Gasteiger partial charge is 0.352 e. The highest BCUT2D eigenvalue weighted by atomic mass is 16.8. The van der Waals surface area contributed by atoms with Crippen LogP contribution in [0, 0.1) is 17.8 Å². The van der Waals surface area contributed by atoms with Crippen molar-refractivity contribution in [3.05, 3.63) is 34.9 Å². The lowest BCUT2D eigenvalue weighted by atomic mass is 9.72. The van der Waals surface area contributed by atoms with Crippen LogP contribution in [-0.2, 0) is 14.2 Å². The molecule has 0 amide bonds. The minimum atomic E-state index is -0.231. The summed E-state index contributed by atoms with van der Waals surface area (Å²) in [6, 6.07) is 0. The van der Waals surface area contributed by atoms with Crippen LogP contribution in [0.1, 0.15) is 52.9 Å². The number of allylic oxidation sites excluding steroid dienone is 5. The van der Waals surface area contributed by atoms with Crippen molar-refractivity contribution < 1.29 is 14.2 Å². The van der Waals surface area contributed by atoms with Crippen molar-refractivity contribution >= 4 is 0 Å². The zero-order valence-electron chi connectivity index (χ0n) is 15.6. The van der Waals surface area contributed by atoms with Crippen molar-refractivity contribution in [2.24, 2.45) is 17.8 Å². The summed E-state index contributed by atoms with van der Waals surface area (Å²) in [6.07, 6.45) is 12.4. The van der Waals surface area contributed by atoms with Gasteiger partial charge in [-0.3, -0.25) is 0 Å². The van der Waals surface area contributed by atoms with Crippen LogP contribution >= 0.6 is 0 Å². The Morgan fingerprint density at radius 2 is 2.17 bits per heavy atom. The number of ether oxygens (including phenoxy) is 3. The highest BCUT2D eigenvalue weighted by Crippen LogP contribution is 2.48. The van der Waals surface area contributed by atoms with Crippen molar-refractivity contribution in [1.82, 2.24) is 0 Å². The van der Waals surface area contributed by atoms with Gasteiger partial charge in [0.15, 0.2) is 12.6 Å². The molecule has 3 nitrogen and oxygen atoms in total. The van der Waals surface area contributed by atoms with E-state index < -0.39 is 0 Å². The summed E-state index contributed by atoms with van der Waals surface area (Å²) in [5.74, 6) is 1.59. The van der Waals surface area contributed by atoms with Gasteiger partial charge in [0, 0.05) is 13.0 Å². The average Bonchev–Trinajstić information content (AvgIpc) is 2.93. The molecule has 0 spiro atoms. The molecule has 0 aromatic heterocycles. The first-order chi connectivity index (χ1) is 11.6. The summed E-state index contributed by atoms with van der Waals surface area (Å²) in [4.78, 5) is 0. The Morgan fingerprint density at radius 3 is 2.92 bits per heavy atom. The van der Waals surface area contributed by atoms with Gasteiger partial charge in [-0.2, -0.15) is 0 Å². The van der Waals surface area contributed by atoms with Crippen LogP contribution in [-0.4, -0.2) is 26.3 Å². The molecule has 0 aromatic carbocycles. The third-order valence-corrected chi connectivity index (χ3v) is 5.75. The predicted molar refractivity (Wildman–Crippen MR) is 96.4 cm³/mol. The highest BCUT2D eigenvalue weighted by Gasteiger charge is 2.49. The fraction of sp³-hybridized carbons (Fsp3) is 0.714. The SMILES string of the molecule is COC1O[C@H]2OC[C@H](CCC=C(C)C)[C@@H]3CC/C(C)=C/CC=C1[C@@H]23. The Bertz CT molecular complexity index is 527. The summed E-state index contributed by atoms with van der Waals surface area (Å²) >= 11 is 0. The van der Waals surface area contributed by atoms with Gasteiger partial charge in [0.05, 0.1) is 6.61 Å². The quantitative estimate of drug-likeness (QED) is 0.678. The lowest BCUT2D eigenvalue weighted by Crippen LogP contribution is -2.40. The second kappa shape index (κ2) is 7.99. The summed E-state index contributed by atoms with van der Waals surface area (Å²) in [5, 5.41) is 0. The normalized spacial score (nSPS) is 38.1. The van der Waals surface area contributed by atoms with Crippen LogP contribution in [0.2, 0.25) is 0 Å². The maximum Gasteiger partial charge on any atom is 0.183 e. The number of rotatable bonds is 4. The van der Waals surface area contributed by atoms with E-state index in [1.54, 1.807) is 7.11 Å². The van der Waals surface area contributed by atoms with E-state index in [9.17, 15) is 0 Å². The van der Waals surface area contributed by atoms with Gasteiger partial charge in [0.1, 0.15) is 0 Å². The summed E-state index contributed by atoms with van der Waals surface area (Å²) in [7, 11) is 1.73. The van der Waals surface area contributed by atoms with Gasteiger partial charge in [-0.05, 0) is 70.3 Å². The Labute approximate surface area is 146 Å². The molecule has 0 saturated carbocycles. The zero-order chi connectivity index (χ0) is 17.1.